The highest BCUT2D eigenvalue weighted by atomic mass is 16.5. The Labute approximate surface area is 202 Å². The number of anilines is 1. The molecule has 0 bridgehead atoms. The summed E-state index contributed by atoms with van der Waals surface area (Å²) in [5.41, 5.74) is 4.98. The Bertz CT molecular complexity index is 1160. The maximum absolute atomic E-state index is 9.99. The predicted octanol–water partition coefficient (Wildman–Crippen LogP) is 5.24. The third-order valence-corrected chi connectivity index (χ3v) is 7.10. The van der Waals surface area contributed by atoms with Gasteiger partial charge in [0.15, 0.2) is 0 Å². The molecule has 2 aliphatic rings. The average molecular weight is 453 g/mol. The molecule has 4 nitrogen and oxygen atoms in total. The maximum atomic E-state index is 9.99. The predicted molar refractivity (Wildman–Crippen MR) is 138 cm³/mol. The number of nitrogens with zero attached hydrogens (tertiary/aromatic N) is 2. The Balaban J connectivity index is 1.37. The summed E-state index contributed by atoms with van der Waals surface area (Å²) in [7, 11) is 0. The Morgan fingerprint density at radius 2 is 1.68 bits per heavy atom. The van der Waals surface area contributed by atoms with E-state index in [9.17, 15) is 5.11 Å². The fourth-order valence-electron chi connectivity index (χ4n) is 5.26. The van der Waals surface area contributed by atoms with Crippen molar-refractivity contribution in [3.63, 3.8) is 0 Å². The molecule has 0 aromatic heterocycles. The van der Waals surface area contributed by atoms with E-state index in [2.05, 4.69) is 76.2 Å². The first kappa shape index (κ1) is 22.4. The minimum absolute atomic E-state index is 0.178. The van der Waals surface area contributed by atoms with Gasteiger partial charge in [-0.3, -0.25) is 4.90 Å². The van der Waals surface area contributed by atoms with Crippen LogP contribution in [0.5, 0.6) is 11.5 Å². The zero-order valence-electron chi connectivity index (χ0n) is 19.8. The molecule has 1 unspecified atom stereocenters. The largest absolute Gasteiger partial charge is 0.508 e. The van der Waals surface area contributed by atoms with Crippen LogP contribution in [0.1, 0.15) is 41.9 Å². The first-order valence-corrected chi connectivity index (χ1v) is 12.2. The van der Waals surface area contributed by atoms with Gasteiger partial charge in [-0.05, 0) is 36.2 Å². The van der Waals surface area contributed by atoms with Gasteiger partial charge < -0.3 is 14.7 Å². The van der Waals surface area contributed by atoms with Crippen LogP contribution < -0.4 is 9.64 Å². The first-order valence-electron chi connectivity index (χ1n) is 12.2. The number of benzene rings is 3. The normalized spacial score (nSPS) is 20.1. The molecule has 2 atom stereocenters. The highest BCUT2D eigenvalue weighted by Crippen LogP contribution is 2.47. The van der Waals surface area contributed by atoms with Crippen LogP contribution in [0.3, 0.4) is 0 Å². The van der Waals surface area contributed by atoms with Gasteiger partial charge in [0.05, 0.1) is 6.61 Å². The van der Waals surface area contributed by atoms with E-state index < -0.39 is 0 Å². The monoisotopic (exact) mass is 452 g/mol. The summed E-state index contributed by atoms with van der Waals surface area (Å²) in [5.74, 6) is 7.59. The van der Waals surface area contributed by atoms with E-state index in [0.29, 0.717) is 6.61 Å². The lowest BCUT2D eigenvalue weighted by atomic mass is 9.76. The second-order valence-corrected chi connectivity index (χ2v) is 9.12. The van der Waals surface area contributed by atoms with Crippen molar-refractivity contribution in [2.45, 2.75) is 25.2 Å². The molecule has 1 N–H and O–H groups in total. The van der Waals surface area contributed by atoms with Crippen LogP contribution >= 0.6 is 0 Å². The molecule has 3 aromatic carbocycles. The lowest BCUT2D eigenvalue weighted by Gasteiger charge is -2.37. The number of phenolic OH excluding ortho intramolecular Hbond substituents is 1. The average Bonchev–Trinajstić information content (AvgIpc) is 2.89. The molecule has 0 saturated carbocycles. The molecule has 1 fully saturated rings. The van der Waals surface area contributed by atoms with Crippen molar-refractivity contribution in [1.29, 1.82) is 0 Å². The number of ether oxygens (including phenoxy) is 1. The van der Waals surface area contributed by atoms with Gasteiger partial charge in [0.2, 0.25) is 0 Å². The quantitative estimate of drug-likeness (QED) is 0.538. The molecule has 0 amide bonds. The van der Waals surface area contributed by atoms with Crippen molar-refractivity contribution in [3.05, 3.63) is 89.5 Å². The van der Waals surface area contributed by atoms with Crippen molar-refractivity contribution in [2.24, 2.45) is 0 Å². The van der Waals surface area contributed by atoms with Crippen molar-refractivity contribution in [2.75, 3.05) is 44.2 Å². The van der Waals surface area contributed by atoms with Crippen molar-refractivity contribution in [3.8, 4) is 23.3 Å². The molecule has 4 heteroatoms. The zero-order chi connectivity index (χ0) is 23.3. The number of piperazine rings is 1. The molecule has 3 aromatic rings. The third kappa shape index (κ3) is 4.76. The van der Waals surface area contributed by atoms with Gasteiger partial charge in [0.25, 0.3) is 0 Å². The summed E-state index contributed by atoms with van der Waals surface area (Å²) >= 11 is 0. The van der Waals surface area contributed by atoms with Gasteiger partial charge in [-0.1, -0.05) is 48.5 Å². The van der Waals surface area contributed by atoms with Crippen LogP contribution in [0.15, 0.2) is 72.8 Å². The smallest absolute Gasteiger partial charge is 0.126 e. The van der Waals surface area contributed by atoms with Crippen LogP contribution in [0.4, 0.5) is 5.69 Å². The molecule has 34 heavy (non-hydrogen) atoms. The van der Waals surface area contributed by atoms with Crippen LogP contribution in [-0.4, -0.2) is 49.3 Å². The summed E-state index contributed by atoms with van der Waals surface area (Å²) in [4.78, 5) is 4.99. The first-order chi connectivity index (χ1) is 16.7. The van der Waals surface area contributed by atoms with Crippen LogP contribution in [-0.2, 0) is 0 Å². The van der Waals surface area contributed by atoms with E-state index in [0.717, 1.165) is 50.5 Å². The Morgan fingerprint density at radius 3 is 2.41 bits per heavy atom. The van der Waals surface area contributed by atoms with E-state index in [1.54, 1.807) is 12.1 Å². The third-order valence-electron chi connectivity index (χ3n) is 7.10. The standard InChI is InChI=1S/C30H32N2O2/c1-2-3-7-16-31-17-19-32(20-18-31)25-12-10-24(11-13-25)30-27-15-14-26(33)21-29(27)34-22-28(30)23-8-5-4-6-9-23/h4-6,8-15,21,28,30,33H,7,16-20,22H2,1H3/t28-,30?/m1/s1. The van der Waals surface area contributed by atoms with E-state index in [1.807, 2.05) is 13.0 Å². The molecule has 0 radical (unpaired) electrons. The summed E-state index contributed by atoms with van der Waals surface area (Å²) in [6.45, 7) is 7.83. The molecule has 1 saturated heterocycles. The number of hydrogen-bond donors (Lipinski definition) is 1. The molecule has 0 aliphatic carbocycles. The van der Waals surface area contributed by atoms with Crippen molar-refractivity contribution in [1.82, 2.24) is 4.90 Å². The van der Waals surface area contributed by atoms with Gasteiger partial charge in [-0.25, -0.2) is 0 Å². The second-order valence-electron chi connectivity index (χ2n) is 9.12. The lowest BCUT2D eigenvalue weighted by Crippen LogP contribution is -2.46. The number of aromatic hydroxyl groups is 1. The van der Waals surface area contributed by atoms with Crippen LogP contribution in [0, 0.1) is 11.8 Å². The highest BCUT2D eigenvalue weighted by molar-refractivity contribution is 5.54. The Hall–Kier alpha value is -3.42. The number of hydrogen-bond acceptors (Lipinski definition) is 4. The molecule has 5 rings (SSSR count). The molecule has 0 spiro atoms. The topological polar surface area (TPSA) is 35.9 Å². The minimum Gasteiger partial charge on any atom is -0.508 e. The summed E-state index contributed by atoms with van der Waals surface area (Å²) < 4.78 is 6.11. The van der Waals surface area contributed by atoms with Gasteiger partial charge >= 0.3 is 0 Å². The summed E-state index contributed by atoms with van der Waals surface area (Å²) in [6.07, 6.45) is 0.956. The number of phenols is 1. The van der Waals surface area contributed by atoms with Crippen molar-refractivity contribution < 1.29 is 9.84 Å². The molecular weight excluding hydrogens is 420 g/mol. The van der Waals surface area contributed by atoms with Gasteiger partial charge in [0, 0.05) is 68.3 Å². The Morgan fingerprint density at radius 1 is 0.912 bits per heavy atom. The second kappa shape index (κ2) is 10.2. The molecule has 2 heterocycles. The van der Waals surface area contributed by atoms with E-state index in [-0.39, 0.29) is 17.6 Å². The van der Waals surface area contributed by atoms with Crippen LogP contribution in [0.25, 0.3) is 0 Å². The fourth-order valence-corrected chi connectivity index (χ4v) is 5.26. The SMILES string of the molecule is CC#CCCN1CCN(c2ccc(C3c4ccc(O)cc4OC[C@@H]3c3ccccc3)cc2)CC1. The van der Waals surface area contributed by atoms with Crippen LogP contribution in [0.2, 0.25) is 0 Å². The molecule has 174 valence electrons. The Kier molecular flexibility index (Phi) is 6.74. The van der Waals surface area contributed by atoms with E-state index in [1.165, 1.54) is 16.8 Å². The van der Waals surface area contributed by atoms with Gasteiger partial charge in [-0.2, -0.15) is 0 Å². The maximum Gasteiger partial charge on any atom is 0.126 e. The lowest BCUT2D eigenvalue weighted by molar-refractivity contribution is 0.248. The van der Waals surface area contributed by atoms with Gasteiger partial charge in [-0.15, -0.1) is 11.8 Å². The fraction of sp³-hybridized carbons (Fsp3) is 0.333. The minimum atomic E-state index is 0.178. The van der Waals surface area contributed by atoms with E-state index >= 15 is 0 Å². The number of fused-ring (bicyclic) bond motifs is 1. The molecule has 2 aliphatic heterocycles. The highest BCUT2D eigenvalue weighted by Gasteiger charge is 2.33. The number of rotatable bonds is 5. The zero-order valence-corrected chi connectivity index (χ0v) is 19.8. The van der Waals surface area contributed by atoms with Gasteiger partial charge in [0.1, 0.15) is 11.5 Å². The van der Waals surface area contributed by atoms with Crippen molar-refractivity contribution >= 4 is 5.69 Å². The van der Waals surface area contributed by atoms with E-state index in [4.69, 9.17) is 4.74 Å². The summed E-state index contributed by atoms with van der Waals surface area (Å²) in [6, 6.07) is 25.2. The molecular formula is C30H32N2O2. The summed E-state index contributed by atoms with van der Waals surface area (Å²) in [5, 5.41) is 9.99.